The minimum absolute atomic E-state index is 0.292. The summed E-state index contributed by atoms with van der Waals surface area (Å²) in [5, 5.41) is 3.70. The monoisotopic (exact) mass is 282 g/mol. The second-order valence-electron chi connectivity index (χ2n) is 4.12. The number of aromatic nitrogens is 1. The van der Waals surface area contributed by atoms with Gasteiger partial charge in [0.15, 0.2) is 0 Å². The maximum atomic E-state index is 13.0. The van der Waals surface area contributed by atoms with Crippen LogP contribution < -0.4 is 14.8 Å². The lowest BCUT2D eigenvalue weighted by atomic mass is 10.1. The normalized spacial score (nSPS) is 10.9. The standard InChI is InChI=1S/C14H16F2N2O2/c1-4-17-8-7-9(14(15)16)18-13-11(20-3)6-5-10(19-2)12(8)13/h5-7,14H,4H2,1-3H3,(H,17,18). The molecule has 0 aliphatic heterocycles. The first-order valence-electron chi connectivity index (χ1n) is 6.20. The lowest BCUT2D eigenvalue weighted by Crippen LogP contribution is -2.03. The molecule has 20 heavy (non-hydrogen) atoms. The van der Waals surface area contributed by atoms with Crippen LogP contribution in [0.2, 0.25) is 0 Å². The van der Waals surface area contributed by atoms with E-state index in [4.69, 9.17) is 9.47 Å². The summed E-state index contributed by atoms with van der Waals surface area (Å²) in [6.07, 6.45) is -2.65. The molecule has 0 spiro atoms. The number of benzene rings is 1. The molecule has 0 atom stereocenters. The van der Waals surface area contributed by atoms with E-state index in [1.807, 2.05) is 6.92 Å². The lowest BCUT2D eigenvalue weighted by Gasteiger charge is -2.15. The van der Waals surface area contributed by atoms with Gasteiger partial charge in [-0.25, -0.2) is 13.8 Å². The van der Waals surface area contributed by atoms with Crippen LogP contribution in [-0.2, 0) is 0 Å². The van der Waals surface area contributed by atoms with Crippen LogP contribution in [0.4, 0.5) is 14.5 Å². The molecule has 1 heterocycles. The van der Waals surface area contributed by atoms with Crippen molar-refractivity contribution >= 4 is 16.6 Å². The molecule has 1 aromatic heterocycles. The van der Waals surface area contributed by atoms with E-state index in [2.05, 4.69) is 10.3 Å². The summed E-state index contributed by atoms with van der Waals surface area (Å²) >= 11 is 0. The predicted molar refractivity (Wildman–Crippen MR) is 74.0 cm³/mol. The molecule has 6 heteroatoms. The molecule has 4 nitrogen and oxygen atoms in total. The van der Waals surface area contributed by atoms with Gasteiger partial charge in [0.1, 0.15) is 22.7 Å². The van der Waals surface area contributed by atoms with Gasteiger partial charge < -0.3 is 14.8 Å². The summed E-state index contributed by atoms with van der Waals surface area (Å²) in [5.41, 5.74) is 0.629. The molecule has 108 valence electrons. The Bertz CT molecular complexity index is 618. The molecule has 0 aliphatic carbocycles. The number of fused-ring (bicyclic) bond motifs is 1. The van der Waals surface area contributed by atoms with Crippen LogP contribution in [-0.4, -0.2) is 25.7 Å². The van der Waals surface area contributed by atoms with Crippen LogP contribution in [0.1, 0.15) is 19.0 Å². The van der Waals surface area contributed by atoms with Crippen LogP contribution in [0.3, 0.4) is 0 Å². The zero-order valence-electron chi connectivity index (χ0n) is 11.5. The summed E-state index contributed by atoms with van der Waals surface area (Å²) < 4.78 is 36.4. The highest BCUT2D eigenvalue weighted by Crippen LogP contribution is 2.38. The number of ether oxygens (including phenoxy) is 2. The summed E-state index contributed by atoms with van der Waals surface area (Å²) in [6.45, 7) is 2.49. The van der Waals surface area contributed by atoms with Crippen molar-refractivity contribution in [3.05, 3.63) is 23.9 Å². The van der Waals surface area contributed by atoms with Crippen molar-refractivity contribution in [1.82, 2.24) is 4.98 Å². The van der Waals surface area contributed by atoms with Crippen LogP contribution >= 0.6 is 0 Å². The van der Waals surface area contributed by atoms with Crippen LogP contribution in [0.25, 0.3) is 10.9 Å². The van der Waals surface area contributed by atoms with E-state index >= 15 is 0 Å². The molecule has 0 fully saturated rings. The third-order valence-corrected chi connectivity index (χ3v) is 2.94. The van der Waals surface area contributed by atoms with Gasteiger partial charge >= 0.3 is 0 Å². The highest BCUT2D eigenvalue weighted by Gasteiger charge is 2.18. The maximum absolute atomic E-state index is 13.0. The Kier molecular flexibility index (Phi) is 4.22. The van der Waals surface area contributed by atoms with Gasteiger partial charge in [0.2, 0.25) is 0 Å². The zero-order chi connectivity index (χ0) is 14.7. The first-order valence-corrected chi connectivity index (χ1v) is 6.20. The van der Waals surface area contributed by atoms with E-state index in [0.29, 0.717) is 34.6 Å². The maximum Gasteiger partial charge on any atom is 0.280 e. The summed E-state index contributed by atoms with van der Waals surface area (Å²) in [5.74, 6) is 0.993. The number of pyridine rings is 1. The quantitative estimate of drug-likeness (QED) is 0.909. The van der Waals surface area contributed by atoms with Gasteiger partial charge in [-0.1, -0.05) is 0 Å². The number of hydrogen-bond acceptors (Lipinski definition) is 4. The molecule has 2 rings (SSSR count). The van der Waals surface area contributed by atoms with E-state index in [1.54, 1.807) is 12.1 Å². The third-order valence-electron chi connectivity index (χ3n) is 2.94. The Morgan fingerprint density at radius 2 is 1.85 bits per heavy atom. The molecule has 0 radical (unpaired) electrons. The van der Waals surface area contributed by atoms with E-state index in [-0.39, 0.29) is 5.69 Å². The first kappa shape index (κ1) is 14.3. The number of nitrogens with one attached hydrogen (secondary N) is 1. The first-order chi connectivity index (χ1) is 9.62. The molecule has 0 amide bonds. The third kappa shape index (κ3) is 2.45. The van der Waals surface area contributed by atoms with Gasteiger partial charge in [-0.2, -0.15) is 0 Å². The average molecular weight is 282 g/mol. The minimum atomic E-state index is -2.65. The van der Waals surface area contributed by atoms with Gasteiger partial charge in [0, 0.05) is 12.2 Å². The number of nitrogens with zero attached hydrogens (tertiary/aromatic N) is 1. The molecular weight excluding hydrogens is 266 g/mol. The smallest absolute Gasteiger partial charge is 0.280 e. The molecule has 0 unspecified atom stereocenters. The number of halogens is 2. The Hall–Kier alpha value is -2.11. The van der Waals surface area contributed by atoms with E-state index in [9.17, 15) is 8.78 Å². The van der Waals surface area contributed by atoms with E-state index in [0.717, 1.165) is 0 Å². The van der Waals surface area contributed by atoms with Crippen molar-refractivity contribution in [2.75, 3.05) is 26.1 Å². The van der Waals surface area contributed by atoms with Gasteiger partial charge in [-0.3, -0.25) is 0 Å². The van der Waals surface area contributed by atoms with Gasteiger partial charge in [0.25, 0.3) is 6.43 Å². The van der Waals surface area contributed by atoms with Crippen LogP contribution in [0.5, 0.6) is 11.5 Å². The topological polar surface area (TPSA) is 43.4 Å². The number of methoxy groups -OCH3 is 2. The Labute approximate surface area is 115 Å². The van der Waals surface area contributed by atoms with Crippen molar-refractivity contribution in [3.8, 4) is 11.5 Å². The molecule has 0 aliphatic rings. The van der Waals surface area contributed by atoms with E-state index in [1.165, 1.54) is 20.3 Å². The van der Waals surface area contributed by atoms with Crippen molar-refractivity contribution in [2.24, 2.45) is 0 Å². The average Bonchev–Trinajstić information content (AvgIpc) is 2.45. The molecule has 0 saturated heterocycles. The lowest BCUT2D eigenvalue weighted by molar-refractivity contribution is 0.146. The van der Waals surface area contributed by atoms with Crippen LogP contribution in [0.15, 0.2) is 18.2 Å². The molecule has 2 aromatic rings. The minimum Gasteiger partial charge on any atom is -0.496 e. The molecule has 1 aromatic carbocycles. The molecule has 1 N–H and O–H groups in total. The molecule has 0 saturated carbocycles. The zero-order valence-corrected chi connectivity index (χ0v) is 11.5. The Morgan fingerprint density at radius 1 is 1.20 bits per heavy atom. The number of alkyl halides is 2. The highest BCUT2D eigenvalue weighted by atomic mass is 19.3. The Morgan fingerprint density at radius 3 is 2.40 bits per heavy atom. The number of anilines is 1. The van der Waals surface area contributed by atoms with Crippen molar-refractivity contribution in [2.45, 2.75) is 13.3 Å². The predicted octanol–water partition coefficient (Wildman–Crippen LogP) is 3.62. The van der Waals surface area contributed by atoms with Gasteiger partial charge in [-0.05, 0) is 25.1 Å². The molecular formula is C14H16F2N2O2. The Balaban J connectivity index is 2.83. The van der Waals surface area contributed by atoms with Gasteiger partial charge in [0.05, 0.1) is 19.6 Å². The van der Waals surface area contributed by atoms with Crippen molar-refractivity contribution in [1.29, 1.82) is 0 Å². The molecule has 0 bridgehead atoms. The number of rotatable bonds is 5. The second kappa shape index (κ2) is 5.90. The fourth-order valence-electron chi connectivity index (χ4n) is 2.08. The SMILES string of the molecule is CCNc1cc(C(F)F)nc2c(OC)ccc(OC)c12. The van der Waals surface area contributed by atoms with E-state index < -0.39 is 6.43 Å². The fourth-order valence-corrected chi connectivity index (χ4v) is 2.08. The highest BCUT2D eigenvalue weighted by molar-refractivity contribution is 6.00. The summed E-state index contributed by atoms with van der Waals surface area (Å²) in [6, 6.07) is 4.73. The van der Waals surface area contributed by atoms with Crippen molar-refractivity contribution < 1.29 is 18.3 Å². The van der Waals surface area contributed by atoms with Crippen LogP contribution in [0, 0.1) is 0 Å². The number of hydrogen-bond donors (Lipinski definition) is 1. The second-order valence-corrected chi connectivity index (χ2v) is 4.12. The fraction of sp³-hybridized carbons (Fsp3) is 0.357. The van der Waals surface area contributed by atoms with Crippen molar-refractivity contribution in [3.63, 3.8) is 0 Å². The summed E-state index contributed by atoms with van der Waals surface area (Å²) in [4.78, 5) is 4.00. The summed E-state index contributed by atoms with van der Waals surface area (Å²) in [7, 11) is 3.00. The largest absolute Gasteiger partial charge is 0.496 e. The van der Waals surface area contributed by atoms with Gasteiger partial charge in [-0.15, -0.1) is 0 Å².